The third-order valence-electron chi connectivity index (χ3n) is 2.91. The van der Waals surface area contributed by atoms with Crippen LogP contribution in [0.1, 0.15) is 21.6 Å². The summed E-state index contributed by atoms with van der Waals surface area (Å²) >= 11 is 0. The largest absolute Gasteiger partial charge is 0.455 e. The van der Waals surface area contributed by atoms with Crippen molar-refractivity contribution in [1.29, 1.82) is 5.26 Å². The van der Waals surface area contributed by atoms with Gasteiger partial charge in [-0.3, -0.25) is 14.7 Å². The van der Waals surface area contributed by atoms with E-state index in [4.69, 9.17) is 5.26 Å². The number of alkyl halides is 6. The van der Waals surface area contributed by atoms with E-state index >= 15 is 0 Å². The van der Waals surface area contributed by atoms with Crippen LogP contribution >= 0.6 is 0 Å². The first kappa shape index (κ1) is 17.3. The van der Waals surface area contributed by atoms with Crippen LogP contribution in [0.5, 0.6) is 0 Å². The fourth-order valence-corrected chi connectivity index (χ4v) is 1.86. The second-order valence-corrected chi connectivity index (χ2v) is 4.49. The molecule has 1 heterocycles. The van der Waals surface area contributed by atoms with Crippen LogP contribution in [0.4, 0.5) is 26.3 Å². The topological polar surface area (TPSA) is 78.7 Å². The number of nitriles is 1. The van der Waals surface area contributed by atoms with Crippen molar-refractivity contribution >= 4 is 5.78 Å². The SMILES string of the molecule is N#Cc1ccc(-n2[nH]c(C(F)(F)F)c(C(=O)C(F)(F)F)c2=O)cc1. The number of carbonyl (C=O) groups is 1. The summed E-state index contributed by atoms with van der Waals surface area (Å²) in [5.41, 5.74) is -6.10. The van der Waals surface area contributed by atoms with Crippen LogP contribution < -0.4 is 5.56 Å². The molecule has 0 spiro atoms. The zero-order valence-corrected chi connectivity index (χ0v) is 11.3. The second-order valence-electron chi connectivity index (χ2n) is 4.49. The minimum atomic E-state index is -5.65. The van der Waals surface area contributed by atoms with Gasteiger partial charge in [0.1, 0.15) is 5.56 Å². The van der Waals surface area contributed by atoms with E-state index in [0.29, 0.717) is 0 Å². The summed E-state index contributed by atoms with van der Waals surface area (Å²) in [6, 6.07) is 6.08. The molecule has 24 heavy (non-hydrogen) atoms. The van der Waals surface area contributed by atoms with Crippen molar-refractivity contribution in [3.8, 4) is 11.8 Å². The van der Waals surface area contributed by atoms with Crippen LogP contribution in [0.15, 0.2) is 29.1 Å². The predicted octanol–water partition coefficient (Wildman–Crippen LogP) is 2.80. The number of Topliss-reactive ketones (excluding diaryl/α,β-unsaturated/α-hetero) is 1. The molecule has 2 aromatic rings. The third kappa shape index (κ3) is 3.03. The van der Waals surface area contributed by atoms with Crippen LogP contribution in [0, 0.1) is 11.3 Å². The fourth-order valence-electron chi connectivity index (χ4n) is 1.86. The molecule has 1 aromatic heterocycles. The van der Waals surface area contributed by atoms with Gasteiger partial charge in [-0.1, -0.05) is 0 Å². The molecule has 11 heteroatoms. The van der Waals surface area contributed by atoms with Crippen molar-refractivity contribution in [2.75, 3.05) is 0 Å². The van der Waals surface area contributed by atoms with Crippen LogP contribution in [0.25, 0.3) is 5.69 Å². The van der Waals surface area contributed by atoms with Gasteiger partial charge in [-0.25, -0.2) is 4.68 Å². The zero-order valence-electron chi connectivity index (χ0n) is 11.3. The van der Waals surface area contributed by atoms with Gasteiger partial charge in [0.05, 0.1) is 17.3 Å². The van der Waals surface area contributed by atoms with Crippen molar-refractivity contribution in [3.05, 3.63) is 51.4 Å². The average Bonchev–Trinajstić information content (AvgIpc) is 2.83. The normalized spacial score (nSPS) is 12.0. The number of benzene rings is 1. The molecule has 0 aliphatic heterocycles. The van der Waals surface area contributed by atoms with E-state index in [1.54, 1.807) is 6.07 Å². The Kier molecular flexibility index (Phi) is 4.01. The minimum absolute atomic E-state index is 0.112. The average molecular weight is 349 g/mol. The van der Waals surface area contributed by atoms with Crippen molar-refractivity contribution in [2.45, 2.75) is 12.4 Å². The monoisotopic (exact) mass is 349 g/mol. The first-order chi connectivity index (χ1) is 11.0. The third-order valence-corrected chi connectivity index (χ3v) is 2.91. The van der Waals surface area contributed by atoms with E-state index in [1.165, 1.54) is 5.10 Å². The first-order valence-electron chi connectivity index (χ1n) is 6.01. The number of rotatable bonds is 2. The lowest BCUT2D eigenvalue weighted by Crippen LogP contribution is -2.31. The molecule has 2 rings (SSSR count). The van der Waals surface area contributed by atoms with Gasteiger partial charge < -0.3 is 0 Å². The minimum Gasteiger partial charge on any atom is -0.286 e. The number of ketones is 1. The molecule has 0 aliphatic rings. The van der Waals surface area contributed by atoms with Crippen LogP contribution in [-0.2, 0) is 6.18 Å². The number of H-pyrrole nitrogens is 1. The van der Waals surface area contributed by atoms with Crippen LogP contribution in [0.2, 0.25) is 0 Å². The Morgan fingerprint density at radius 2 is 1.62 bits per heavy atom. The first-order valence-corrected chi connectivity index (χ1v) is 6.01. The molecule has 0 saturated carbocycles. The molecular weight excluding hydrogens is 344 g/mol. The Balaban J connectivity index is 2.72. The lowest BCUT2D eigenvalue weighted by molar-refractivity contribution is -0.142. The van der Waals surface area contributed by atoms with Gasteiger partial charge in [0.2, 0.25) is 0 Å². The van der Waals surface area contributed by atoms with Gasteiger partial charge in [0, 0.05) is 0 Å². The number of hydrogen-bond acceptors (Lipinski definition) is 3. The van der Waals surface area contributed by atoms with Crippen LogP contribution in [-0.4, -0.2) is 21.7 Å². The van der Waals surface area contributed by atoms with Crippen molar-refractivity contribution in [1.82, 2.24) is 9.78 Å². The molecule has 0 bridgehead atoms. The van der Waals surface area contributed by atoms with Gasteiger partial charge in [0.15, 0.2) is 5.69 Å². The number of aromatic nitrogens is 2. The summed E-state index contributed by atoms with van der Waals surface area (Å²) in [5, 5.41) is 10.1. The van der Waals surface area contributed by atoms with E-state index in [-0.39, 0.29) is 15.9 Å². The van der Waals surface area contributed by atoms with E-state index in [0.717, 1.165) is 24.3 Å². The maximum Gasteiger partial charge on any atom is 0.455 e. The zero-order chi connectivity index (χ0) is 18.3. The van der Waals surface area contributed by atoms with Gasteiger partial charge in [-0.2, -0.15) is 31.6 Å². The molecule has 0 fully saturated rings. The Bertz CT molecular complexity index is 881. The van der Waals surface area contributed by atoms with Gasteiger partial charge in [-0.05, 0) is 24.3 Å². The summed E-state index contributed by atoms with van der Waals surface area (Å²) in [6.07, 6.45) is -11.0. The van der Waals surface area contributed by atoms with Crippen molar-refractivity contribution < 1.29 is 31.1 Å². The number of carbonyl (C=O) groups excluding carboxylic acids is 1. The molecule has 0 unspecified atom stereocenters. The van der Waals surface area contributed by atoms with E-state index in [2.05, 4.69) is 0 Å². The molecule has 1 N–H and O–H groups in total. The molecule has 0 saturated heterocycles. The summed E-state index contributed by atoms with van der Waals surface area (Å²) in [6.45, 7) is 0. The predicted molar refractivity (Wildman–Crippen MR) is 66.5 cm³/mol. The smallest absolute Gasteiger partial charge is 0.286 e. The Labute approximate surface area is 128 Å². The van der Waals surface area contributed by atoms with Crippen molar-refractivity contribution in [2.24, 2.45) is 0 Å². The fraction of sp³-hybridized carbons (Fsp3) is 0.154. The highest BCUT2D eigenvalue weighted by molar-refractivity contribution is 6.01. The molecule has 5 nitrogen and oxygen atoms in total. The number of nitrogens with zero attached hydrogens (tertiary/aromatic N) is 2. The molecule has 0 amide bonds. The Hall–Kier alpha value is -3.03. The van der Waals surface area contributed by atoms with E-state index in [9.17, 15) is 35.9 Å². The highest BCUT2D eigenvalue weighted by Gasteiger charge is 2.48. The Morgan fingerprint density at radius 1 is 1.08 bits per heavy atom. The highest BCUT2D eigenvalue weighted by Crippen LogP contribution is 2.32. The lowest BCUT2D eigenvalue weighted by atomic mass is 10.1. The number of halogens is 6. The highest BCUT2D eigenvalue weighted by atomic mass is 19.4. The molecular formula is C13H5F6N3O2. The molecule has 0 radical (unpaired) electrons. The number of aromatic amines is 1. The summed E-state index contributed by atoms with van der Waals surface area (Å²) in [7, 11) is 0. The van der Waals surface area contributed by atoms with Gasteiger partial charge >= 0.3 is 12.4 Å². The molecule has 1 aromatic carbocycles. The molecule has 126 valence electrons. The summed E-state index contributed by atoms with van der Waals surface area (Å²) in [4.78, 5) is 23.1. The summed E-state index contributed by atoms with van der Waals surface area (Å²) in [5.74, 6) is -2.90. The van der Waals surface area contributed by atoms with E-state index < -0.39 is 35.0 Å². The van der Waals surface area contributed by atoms with Crippen LogP contribution in [0.3, 0.4) is 0 Å². The maximum absolute atomic E-state index is 12.9. The van der Waals surface area contributed by atoms with Crippen molar-refractivity contribution in [3.63, 3.8) is 0 Å². The van der Waals surface area contributed by atoms with E-state index in [1.807, 2.05) is 0 Å². The summed E-state index contributed by atoms with van der Waals surface area (Å²) < 4.78 is 76.2. The Morgan fingerprint density at radius 3 is 2.04 bits per heavy atom. The standard InChI is InChI=1S/C13H5F6N3O2/c14-12(15,16)9-8(10(23)13(17,18)19)11(24)22(21-9)7-3-1-6(5-20)2-4-7/h1-4,21H. The van der Waals surface area contributed by atoms with Gasteiger partial charge in [-0.15, -0.1) is 0 Å². The number of hydrogen-bond donors (Lipinski definition) is 1. The van der Waals surface area contributed by atoms with Gasteiger partial charge in [0.25, 0.3) is 11.3 Å². The lowest BCUT2D eigenvalue weighted by Gasteiger charge is -2.07. The maximum atomic E-state index is 12.9. The quantitative estimate of drug-likeness (QED) is 0.669. The number of nitrogens with one attached hydrogen (secondary N) is 1. The second kappa shape index (κ2) is 5.55. The molecule has 0 atom stereocenters. The molecule has 0 aliphatic carbocycles.